The van der Waals surface area contributed by atoms with E-state index in [0.717, 1.165) is 39.0 Å². The molecule has 0 radical (unpaired) electrons. The van der Waals surface area contributed by atoms with Crippen molar-refractivity contribution in [3.05, 3.63) is 64.5 Å². The number of nitrogens with one attached hydrogen (secondary N) is 1. The van der Waals surface area contributed by atoms with E-state index in [1.807, 2.05) is 56.3 Å². The molecule has 0 spiro atoms. The maximum absolute atomic E-state index is 6.09. The van der Waals surface area contributed by atoms with E-state index in [9.17, 15) is 0 Å². The van der Waals surface area contributed by atoms with Crippen molar-refractivity contribution in [3.63, 3.8) is 0 Å². The van der Waals surface area contributed by atoms with Gasteiger partial charge in [-0.15, -0.1) is 0 Å². The fourth-order valence-electron chi connectivity index (χ4n) is 3.22. The summed E-state index contributed by atoms with van der Waals surface area (Å²) < 4.78 is 10.6. The monoisotopic (exact) mass is 394 g/mol. The molecule has 0 saturated heterocycles. The van der Waals surface area contributed by atoms with Gasteiger partial charge in [-0.3, -0.25) is 0 Å². The average Bonchev–Trinajstić information content (AvgIpc) is 3.03. The van der Waals surface area contributed by atoms with Gasteiger partial charge in [-0.2, -0.15) is 9.97 Å². The first-order valence-electron chi connectivity index (χ1n) is 8.82. The molecular formula is C21H19ClN4O2. The van der Waals surface area contributed by atoms with Crippen LogP contribution in [-0.2, 0) is 6.54 Å². The van der Waals surface area contributed by atoms with Crippen LogP contribution in [0.1, 0.15) is 17.0 Å². The topological polar surface area (TPSA) is 73.1 Å². The summed E-state index contributed by atoms with van der Waals surface area (Å²) in [5, 5.41) is 9.02. The van der Waals surface area contributed by atoms with Gasteiger partial charge in [0.2, 0.25) is 0 Å². The molecule has 0 bridgehead atoms. The number of fused-ring (bicyclic) bond motifs is 1. The van der Waals surface area contributed by atoms with Gasteiger partial charge in [0.1, 0.15) is 11.6 Å². The average molecular weight is 395 g/mol. The van der Waals surface area contributed by atoms with Gasteiger partial charge in [0.15, 0.2) is 0 Å². The van der Waals surface area contributed by atoms with E-state index in [2.05, 4.69) is 20.4 Å². The second kappa shape index (κ2) is 7.48. The van der Waals surface area contributed by atoms with E-state index in [-0.39, 0.29) is 0 Å². The van der Waals surface area contributed by atoms with E-state index >= 15 is 0 Å². The Kier molecular flexibility index (Phi) is 4.88. The molecule has 1 N–H and O–H groups in total. The van der Waals surface area contributed by atoms with Crippen LogP contribution in [0.5, 0.6) is 6.01 Å². The summed E-state index contributed by atoms with van der Waals surface area (Å²) in [6, 6.07) is 14.0. The van der Waals surface area contributed by atoms with Crippen LogP contribution in [0.4, 0.5) is 5.82 Å². The molecule has 2 heterocycles. The van der Waals surface area contributed by atoms with Gasteiger partial charge >= 0.3 is 6.01 Å². The molecule has 0 unspecified atom stereocenters. The minimum atomic E-state index is 0.311. The maximum atomic E-state index is 6.09. The van der Waals surface area contributed by atoms with Gasteiger partial charge in [0, 0.05) is 22.5 Å². The molecule has 0 aliphatic rings. The summed E-state index contributed by atoms with van der Waals surface area (Å²) >= 11 is 6.09. The van der Waals surface area contributed by atoms with Crippen LogP contribution in [0.3, 0.4) is 0 Å². The lowest BCUT2D eigenvalue weighted by Crippen LogP contribution is -2.04. The van der Waals surface area contributed by atoms with Crippen molar-refractivity contribution >= 4 is 28.3 Å². The molecule has 28 heavy (non-hydrogen) atoms. The highest BCUT2D eigenvalue weighted by Gasteiger charge is 2.15. The Morgan fingerprint density at radius 2 is 1.96 bits per heavy atom. The molecule has 0 atom stereocenters. The second-order valence-corrected chi connectivity index (χ2v) is 6.91. The van der Waals surface area contributed by atoms with Crippen molar-refractivity contribution in [2.75, 3.05) is 12.4 Å². The predicted octanol–water partition coefficient (Wildman–Crippen LogP) is 5.18. The minimum Gasteiger partial charge on any atom is -0.467 e. The van der Waals surface area contributed by atoms with Crippen LogP contribution in [-0.4, -0.2) is 22.2 Å². The summed E-state index contributed by atoms with van der Waals surface area (Å²) in [4.78, 5) is 8.96. The van der Waals surface area contributed by atoms with Crippen molar-refractivity contribution in [1.29, 1.82) is 0 Å². The van der Waals surface area contributed by atoms with Gasteiger partial charge in [0.25, 0.3) is 0 Å². The van der Waals surface area contributed by atoms with Crippen molar-refractivity contribution in [1.82, 2.24) is 15.1 Å². The van der Waals surface area contributed by atoms with Crippen LogP contribution in [0.25, 0.3) is 22.0 Å². The van der Waals surface area contributed by atoms with Gasteiger partial charge in [-0.05, 0) is 49.2 Å². The number of anilines is 1. The molecule has 6 nitrogen and oxygen atoms in total. The minimum absolute atomic E-state index is 0.311. The molecule has 0 aliphatic carbocycles. The van der Waals surface area contributed by atoms with Crippen LogP contribution >= 0.6 is 11.6 Å². The number of methoxy groups -OCH3 is 1. The van der Waals surface area contributed by atoms with E-state index in [1.165, 1.54) is 0 Å². The van der Waals surface area contributed by atoms with Gasteiger partial charge in [-0.1, -0.05) is 35.0 Å². The third kappa shape index (κ3) is 3.51. The molecule has 0 fully saturated rings. The normalized spacial score (nSPS) is 11.0. The van der Waals surface area contributed by atoms with Crippen LogP contribution < -0.4 is 10.1 Å². The smallest absolute Gasteiger partial charge is 0.318 e. The lowest BCUT2D eigenvalue weighted by atomic mass is 10.0. The number of benzene rings is 2. The molecule has 0 amide bonds. The molecule has 0 aliphatic heterocycles. The van der Waals surface area contributed by atoms with E-state index in [4.69, 9.17) is 20.9 Å². The zero-order valence-electron chi connectivity index (χ0n) is 15.8. The molecule has 4 aromatic rings. The number of halogens is 1. The quantitative estimate of drug-likeness (QED) is 0.503. The highest BCUT2D eigenvalue weighted by Crippen LogP contribution is 2.32. The molecule has 7 heteroatoms. The number of ether oxygens (including phenoxy) is 1. The molecule has 2 aromatic heterocycles. The zero-order valence-corrected chi connectivity index (χ0v) is 16.5. The standard InChI is InChI=1S/C21H19ClN4O2/c1-12-19(13(2)28-26-12)15-7-8-18-17(10-15)20(25-21(24-18)27-3)23-11-14-5-4-6-16(22)9-14/h4-10H,11H2,1-3H3,(H,23,24,25). The van der Waals surface area contributed by atoms with Gasteiger partial charge in [0.05, 0.1) is 18.3 Å². The number of nitrogens with zero attached hydrogens (tertiary/aromatic N) is 3. The van der Waals surface area contributed by atoms with Crippen molar-refractivity contribution in [2.45, 2.75) is 20.4 Å². The highest BCUT2D eigenvalue weighted by molar-refractivity contribution is 6.30. The lowest BCUT2D eigenvalue weighted by Gasteiger charge is -2.12. The first kappa shape index (κ1) is 18.3. The Morgan fingerprint density at radius 1 is 1.11 bits per heavy atom. The summed E-state index contributed by atoms with van der Waals surface area (Å²) in [7, 11) is 1.56. The largest absolute Gasteiger partial charge is 0.467 e. The highest BCUT2D eigenvalue weighted by atomic mass is 35.5. The number of aromatic nitrogens is 3. The Labute approximate surface area is 167 Å². The Morgan fingerprint density at radius 3 is 2.68 bits per heavy atom. The zero-order chi connectivity index (χ0) is 19.7. The summed E-state index contributed by atoms with van der Waals surface area (Å²) in [6.07, 6.45) is 0. The SMILES string of the molecule is COc1nc(NCc2cccc(Cl)c2)c2cc(-c3c(C)noc3C)ccc2n1. The Hall–Kier alpha value is -3.12. The van der Waals surface area contributed by atoms with Gasteiger partial charge < -0.3 is 14.6 Å². The lowest BCUT2D eigenvalue weighted by molar-refractivity contribution is 0.382. The summed E-state index contributed by atoms with van der Waals surface area (Å²) in [6.45, 7) is 4.41. The van der Waals surface area contributed by atoms with Crippen molar-refractivity contribution in [3.8, 4) is 17.1 Å². The molecular weight excluding hydrogens is 376 g/mol. The maximum Gasteiger partial charge on any atom is 0.318 e. The molecule has 142 valence electrons. The third-order valence-corrected chi connectivity index (χ3v) is 4.76. The van der Waals surface area contributed by atoms with Crippen LogP contribution in [0.15, 0.2) is 47.0 Å². The molecule has 4 rings (SSSR count). The van der Waals surface area contributed by atoms with E-state index in [1.54, 1.807) is 7.11 Å². The number of hydrogen-bond donors (Lipinski definition) is 1. The van der Waals surface area contributed by atoms with Gasteiger partial charge in [-0.25, -0.2) is 0 Å². The number of rotatable bonds is 5. The Balaban J connectivity index is 1.77. The Bertz CT molecular complexity index is 1140. The third-order valence-electron chi connectivity index (χ3n) is 4.53. The predicted molar refractivity (Wildman–Crippen MR) is 110 cm³/mol. The van der Waals surface area contributed by atoms with Crippen molar-refractivity contribution in [2.24, 2.45) is 0 Å². The summed E-state index contributed by atoms with van der Waals surface area (Å²) in [5.41, 5.74) is 4.68. The second-order valence-electron chi connectivity index (χ2n) is 6.47. The first-order valence-corrected chi connectivity index (χ1v) is 9.20. The van der Waals surface area contributed by atoms with E-state index < -0.39 is 0 Å². The number of aryl methyl sites for hydroxylation is 2. The molecule has 2 aromatic carbocycles. The van der Waals surface area contributed by atoms with E-state index in [0.29, 0.717) is 23.4 Å². The fourth-order valence-corrected chi connectivity index (χ4v) is 3.43. The number of hydrogen-bond acceptors (Lipinski definition) is 6. The molecule has 0 saturated carbocycles. The van der Waals surface area contributed by atoms with Crippen LogP contribution in [0.2, 0.25) is 5.02 Å². The summed E-state index contributed by atoms with van der Waals surface area (Å²) in [5.74, 6) is 1.47. The fraction of sp³-hybridized carbons (Fsp3) is 0.190. The van der Waals surface area contributed by atoms with Crippen molar-refractivity contribution < 1.29 is 9.26 Å². The first-order chi connectivity index (χ1) is 13.5. The van der Waals surface area contributed by atoms with Crippen LogP contribution in [0, 0.1) is 13.8 Å².